The number of H-pyrrole nitrogens is 1. The molecule has 0 spiro atoms. The van der Waals surface area contributed by atoms with Crippen LogP contribution in [0.25, 0.3) is 0 Å². The lowest BCUT2D eigenvalue weighted by Gasteiger charge is -2.06. The van der Waals surface area contributed by atoms with Crippen molar-refractivity contribution in [1.29, 1.82) is 0 Å². The highest BCUT2D eigenvalue weighted by molar-refractivity contribution is 4.83. The van der Waals surface area contributed by atoms with Crippen LogP contribution in [0, 0.1) is 0 Å². The molecule has 0 aliphatic rings. The number of rotatable bonds is 1. The molecule has 0 aliphatic heterocycles. The van der Waals surface area contributed by atoms with Gasteiger partial charge in [0.1, 0.15) is 6.54 Å². The Labute approximate surface area is 69.6 Å². The summed E-state index contributed by atoms with van der Waals surface area (Å²) in [4.78, 5) is 23.5. The molecule has 72 valence electrons. The van der Waals surface area contributed by atoms with E-state index >= 15 is 0 Å². The van der Waals surface area contributed by atoms with E-state index in [1.54, 1.807) is 0 Å². The first kappa shape index (κ1) is 9.56. The van der Waals surface area contributed by atoms with Gasteiger partial charge in [0.05, 0.1) is 0 Å². The molecule has 4 nitrogen and oxygen atoms in total. The zero-order valence-electron chi connectivity index (χ0n) is 6.26. The normalized spacial score (nSPS) is 11.6. The topological polar surface area (TPSA) is 54.9 Å². The summed E-state index contributed by atoms with van der Waals surface area (Å²) < 4.78 is 35.4. The summed E-state index contributed by atoms with van der Waals surface area (Å²) in [6.45, 7) is -1.57. The molecule has 1 aromatic rings. The van der Waals surface area contributed by atoms with E-state index < -0.39 is 24.0 Å². The van der Waals surface area contributed by atoms with Gasteiger partial charge in [0.2, 0.25) is 0 Å². The fourth-order valence-electron chi connectivity index (χ4n) is 0.781. The van der Waals surface area contributed by atoms with Crippen LogP contribution in [0.1, 0.15) is 0 Å². The van der Waals surface area contributed by atoms with E-state index in [1.165, 1.54) is 0 Å². The highest BCUT2D eigenvalue weighted by atomic mass is 19.4. The number of halogens is 3. The SMILES string of the molecule is O=c1cc[nH]c(=O)n1CC(F)(F)F. The summed E-state index contributed by atoms with van der Waals surface area (Å²) in [5.74, 6) is 0. The van der Waals surface area contributed by atoms with Crippen LogP contribution in [-0.2, 0) is 6.54 Å². The maximum atomic E-state index is 11.8. The largest absolute Gasteiger partial charge is 0.406 e. The molecular weight excluding hydrogens is 189 g/mol. The first-order valence-electron chi connectivity index (χ1n) is 3.25. The van der Waals surface area contributed by atoms with Crippen molar-refractivity contribution in [2.45, 2.75) is 12.7 Å². The molecule has 0 saturated carbocycles. The number of alkyl halides is 3. The van der Waals surface area contributed by atoms with Gasteiger partial charge in [-0.1, -0.05) is 0 Å². The summed E-state index contributed by atoms with van der Waals surface area (Å²) in [7, 11) is 0. The molecule has 0 radical (unpaired) electrons. The maximum Gasteiger partial charge on any atom is 0.406 e. The smallest absolute Gasteiger partial charge is 0.314 e. The van der Waals surface area contributed by atoms with Gasteiger partial charge in [0.25, 0.3) is 5.56 Å². The average molecular weight is 194 g/mol. The Bertz CT molecular complexity index is 375. The molecule has 1 aromatic heterocycles. The molecule has 0 aromatic carbocycles. The summed E-state index contributed by atoms with van der Waals surface area (Å²) in [5.41, 5.74) is -2.04. The number of aromatic amines is 1. The molecule has 0 unspecified atom stereocenters. The molecule has 0 amide bonds. The van der Waals surface area contributed by atoms with Crippen molar-refractivity contribution in [3.8, 4) is 0 Å². The molecule has 0 fully saturated rings. The Balaban J connectivity index is 3.16. The lowest BCUT2D eigenvalue weighted by molar-refractivity contribution is -0.141. The number of nitrogens with zero attached hydrogens (tertiary/aromatic N) is 1. The van der Waals surface area contributed by atoms with Gasteiger partial charge in [0, 0.05) is 12.3 Å². The second-order valence-electron chi connectivity index (χ2n) is 2.32. The molecular formula is C6H5F3N2O2. The van der Waals surface area contributed by atoms with Gasteiger partial charge in [-0.25, -0.2) is 4.79 Å². The first-order chi connectivity index (χ1) is 5.90. The van der Waals surface area contributed by atoms with E-state index in [9.17, 15) is 22.8 Å². The summed E-state index contributed by atoms with van der Waals surface area (Å²) in [5, 5.41) is 0. The molecule has 1 N–H and O–H groups in total. The molecule has 13 heavy (non-hydrogen) atoms. The molecule has 1 heterocycles. The van der Waals surface area contributed by atoms with Crippen LogP contribution < -0.4 is 11.2 Å². The van der Waals surface area contributed by atoms with Crippen molar-refractivity contribution >= 4 is 0 Å². The Kier molecular flexibility index (Phi) is 2.26. The highest BCUT2D eigenvalue weighted by Gasteiger charge is 2.29. The number of hydrogen-bond donors (Lipinski definition) is 1. The fourth-order valence-corrected chi connectivity index (χ4v) is 0.781. The third kappa shape index (κ3) is 2.46. The summed E-state index contributed by atoms with van der Waals surface area (Å²) in [6.07, 6.45) is -3.57. The van der Waals surface area contributed by atoms with E-state index in [4.69, 9.17) is 0 Å². The Morgan fingerprint density at radius 3 is 2.46 bits per heavy atom. The molecule has 7 heteroatoms. The predicted octanol–water partition coefficient (Wildman–Crippen LogP) is 0.0989. The monoisotopic (exact) mass is 194 g/mol. The third-order valence-electron chi connectivity index (χ3n) is 1.28. The lowest BCUT2D eigenvalue weighted by Crippen LogP contribution is -2.38. The van der Waals surface area contributed by atoms with Gasteiger partial charge in [-0.3, -0.25) is 9.36 Å². The van der Waals surface area contributed by atoms with Crippen molar-refractivity contribution < 1.29 is 13.2 Å². The van der Waals surface area contributed by atoms with E-state index in [2.05, 4.69) is 0 Å². The minimum absolute atomic E-state index is 0.0833. The van der Waals surface area contributed by atoms with Gasteiger partial charge in [-0.2, -0.15) is 13.2 Å². The molecule has 0 bridgehead atoms. The summed E-state index contributed by atoms with van der Waals surface area (Å²) in [6, 6.07) is 0.854. The Morgan fingerprint density at radius 2 is 2.00 bits per heavy atom. The second-order valence-corrected chi connectivity index (χ2v) is 2.32. The van der Waals surface area contributed by atoms with Gasteiger partial charge < -0.3 is 4.98 Å². The quantitative estimate of drug-likeness (QED) is 0.689. The molecule has 0 aliphatic carbocycles. The Morgan fingerprint density at radius 1 is 1.38 bits per heavy atom. The predicted molar refractivity (Wildman–Crippen MR) is 37.4 cm³/mol. The highest BCUT2D eigenvalue weighted by Crippen LogP contribution is 2.14. The van der Waals surface area contributed by atoms with Crippen LogP contribution in [0.15, 0.2) is 21.9 Å². The standard InChI is InChI=1S/C6H5F3N2O2/c7-6(8,9)3-11-4(12)1-2-10-5(11)13/h1-2H,3H2,(H,10,13). The number of hydrogen-bond acceptors (Lipinski definition) is 2. The van der Waals surface area contributed by atoms with Crippen LogP contribution in [0.3, 0.4) is 0 Å². The lowest BCUT2D eigenvalue weighted by atomic mass is 10.5. The Hall–Kier alpha value is -1.53. The zero-order valence-corrected chi connectivity index (χ0v) is 6.26. The maximum absolute atomic E-state index is 11.8. The number of aromatic nitrogens is 2. The minimum atomic E-state index is -4.57. The van der Waals surface area contributed by atoms with Crippen LogP contribution in [0.2, 0.25) is 0 Å². The summed E-state index contributed by atoms with van der Waals surface area (Å²) >= 11 is 0. The first-order valence-corrected chi connectivity index (χ1v) is 3.25. The van der Waals surface area contributed by atoms with Gasteiger partial charge >= 0.3 is 11.9 Å². The second kappa shape index (κ2) is 3.08. The van der Waals surface area contributed by atoms with Crippen molar-refractivity contribution in [3.05, 3.63) is 33.1 Å². The van der Waals surface area contributed by atoms with E-state index in [1.807, 2.05) is 4.98 Å². The zero-order chi connectivity index (χ0) is 10.1. The van der Waals surface area contributed by atoms with Crippen molar-refractivity contribution in [3.63, 3.8) is 0 Å². The minimum Gasteiger partial charge on any atom is -0.314 e. The van der Waals surface area contributed by atoms with Crippen LogP contribution in [0.5, 0.6) is 0 Å². The fraction of sp³-hybridized carbons (Fsp3) is 0.333. The van der Waals surface area contributed by atoms with Crippen molar-refractivity contribution in [2.75, 3.05) is 0 Å². The molecule has 0 atom stereocenters. The molecule has 1 rings (SSSR count). The van der Waals surface area contributed by atoms with E-state index in [-0.39, 0.29) is 4.57 Å². The van der Waals surface area contributed by atoms with Crippen LogP contribution >= 0.6 is 0 Å². The van der Waals surface area contributed by atoms with Gasteiger partial charge in [-0.15, -0.1) is 0 Å². The molecule has 0 saturated heterocycles. The van der Waals surface area contributed by atoms with Crippen LogP contribution in [-0.4, -0.2) is 15.7 Å². The number of nitrogens with one attached hydrogen (secondary N) is 1. The third-order valence-corrected chi connectivity index (χ3v) is 1.28. The van der Waals surface area contributed by atoms with Crippen molar-refractivity contribution in [2.24, 2.45) is 0 Å². The van der Waals surface area contributed by atoms with E-state index in [0.29, 0.717) is 0 Å². The van der Waals surface area contributed by atoms with Crippen LogP contribution in [0.4, 0.5) is 13.2 Å². The average Bonchev–Trinajstić information content (AvgIpc) is 1.95. The van der Waals surface area contributed by atoms with Crippen molar-refractivity contribution in [1.82, 2.24) is 9.55 Å². The van der Waals surface area contributed by atoms with Gasteiger partial charge in [-0.05, 0) is 0 Å². The van der Waals surface area contributed by atoms with E-state index in [0.717, 1.165) is 12.3 Å². The van der Waals surface area contributed by atoms with Gasteiger partial charge in [0.15, 0.2) is 0 Å².